The molecule has 1 amide bonds. The second-order valence-electron chi connectivity index (χ2n) is 5.10. The van der Waals surface area contributed by atoms with Crippen molar-refractivity contribution < 1.29 is 9.53 Å². The van der Waals surface area contributed by atoms with E-state index in [-0.39, 0.29) is 0 Å². The fourth-order valence-corrected chi connectivity index (χ4v) is 2.17. The Labute approximate surface area is 130 Å². The molecule has 0 saturated carbocycles. The van der Waals surface area contributed by atoms with Crippen molar-refractivity contribution in [2.24, 2.45) is 0 Å². The van der Waals surface area contributed by atoms with Gasteiger partial charge in [0.15, 0.2) is 0 Å². The second-order valence-corrected chi connectivity index (χ2v) is 6.12. The zero-order valence-electron chi connectivity index (χ0n) is 11.4. The van der Waals surface area contributed by atoms with E-state index in [2.05, 4.69) is 38.0 Å². The van der Waals surface area contributed by atoms with Crippen molar-refractivity contribution in [2.45, 2.75) is 26.4 Å². The molecule has 2 rings (SSSR count). The molecule has 0 aromatic carbocycles. The van der Waals surface area contributed by atoms with Crippen LogP contribution >= 0.6 is 22.6 Å². The summed E-state index contributed by atoms with van der Waals surface area (Å²) >= 11 is 2.11. The fraction of sp³-hybridized carbons (Fsp3) is 0.308. The van der Waals surface area contributed by atoms with E-state index in [9.17, 15) is 4.79 Å². The zero-order chi connectivity index (χ0) is 14.8. The Morgan fingerprint density at radius 2 is 2.15 bits per heavy atom. The van der Waals surface area contributed by atoms with Crippen LogP contribution in [0.2, 0.25) is 0 Å². The number of anilines is 1. The molecule has 20 heavy (non-hydrogen) atoms. The smallest absolute Gasteiger partial charge is 0.412 e. The van der Waals surface area contributed by atoms with Gasteiger partial charge in [0, 0.05) is 6.20 Å². The molecule has 106 valence electrons. The van der Waals surface area contributed by atoms with Crippen LogP contribution in [-0.2, 0) is 4.74 Å². The molecule has 0 saturated heterocycles. The maximum absolute atomic E-state index is 11.7. The van der Waals surface area contributed by atoms with Gasteiger partial charge in [-0.3, -0.25) is 10.3 Å². The summed E-state index contributed by atoms with van der Waals surface area (Å²) in [5.41, 5.74) is 0.896. The van der Waals surface area contributed by atoms with Crippen molar-refractivity contribution in [2.75, 3.05) is 5.32 Å². The molecule has 7 heteroatoms. The van der Waals surface area contributed by atoms with Gasteiger partial charge in [-0.15, -0.1) is 0 Å². The highest BCUT2D eigenvalue weighted by Crippen LogP contribution is 2.21. The van der Waals surface area contributed by atoms with Crippen molar-refractivity contribution in [1.82, 2.24) is 14.8 Å². The summed E-state index contributed by atoms with van der Waals surface area (Å²) in [7, 11) is 0. The molecule has 0 unspecified atom stereocenters. The zero-order valence-corrected chi connectivity index (χ0v) is 13.6. The van der Waals surface area contributed by atoms with Crippen LogP contribution in [0.15, 0.2) is 30.7 Å². The highest BCUT2D eigenvalue weighted by Gasteiger charge is 2.18. The van der Waals surface area contributed by atoms with Gasteiger partial charge < -0.3 is 4.74 Å². The summed E-state index contributed by atoms with van der Waals surface area (Å²) in [6.45, 7) is 5.45. The summed E-state index contributed by atoms with van der Waals surface area (Å²) in [6, 6.07) is 3.72. The Hall–Kier alpha value is -1.64. The lowest BCUT2D eigenvalue weighted by molar-refractivity contribution is 0.0636. The molecule has 0 aliphatic carbocycles. The molecule has 0 aliphatic heterocycles. The average molecular weight is 386 g/mol. The number of halogens is 1. The molecule has 0 bridgehead atoms. The van der Waals surface area contributed by atoms with E-state index in [0.29, 0.717) is 5.69 Å². The number of hydrogen-bond donors (Lipinski definition) is 1. The van der Waals surface area contributed by atoms with E-state index >= 15 is 0 Å². The maximum atomic E-state index is 11.7. The molecular formula is C13H15IN4O2. The van der Waals surface area contributed by atoms with Crippen molar-refractivity contribution in [3.8, 4) is 5.69 Å². The maximum Gasteiger partial charge on any atom is 0.412 e. The van der Waals surface area contributed by atoms with Crippen LogP contribution < -0.4 is 5.32 Å². The van der Waals surface area contributed by atoms with Crippen LogP contribution in [0.4, 0.5) is 10.5 Å². The number of carbonyl (C=O) groups excluding carboxylic acids is 1. The molecular weight excluding hydrogens is 371 g/mol. The van der Waals surface area contributed by atoms with E-state index in [1.165, 1.54) is 0 Å². The van der Waals surface area contributed by atoms with Gasteiger partial charge in [0.2, 0.25) is 0 Å². The van der Waals surface area contributed by atoms with Gasteiger partial charge in [0.05, 0.1) is 23.8 Å². The van der Waals surface area contributed by atoms with Gasteiger partial charge in [0.25, 0.3) is 0 Å². The van der Waals surface area contributed by atoms with Gasteiger partial charge in [-0.1, -0.05) is 0 Å². The van der Waals surface area contributed by atoms with E-state index in [1.54, 1.807) is 23.3 Å². The molecule has 1 N–H and O–H groups in total. The number of nitrogens with zero attached hydrogens (tertiary/aromatic N) is 3. The Morgan fingerprint density at radius 3 is 2.75 bits per heavy atom. The Morgan fingerprint density at radius 1 is 1.40 bits per heavy atom. The Bertz CT molecular complexity index is 605. The monoisotopic (exact) mass is 386 g/mol. The first-order chi connectivity index (χ1) is 9.37. The normalized spacial score (nSPS) is 11.2. The highest BCUT2D eigenvalue weighted by molar-refractivity contribution is 14.1. The first-order valence-electron chi connectivity index (χ1n) is 6.01. The lowest BCUT2D eigenvalue weighted by Gasteiger charge is -2.19. The number of ether oxygens (including phenoxy) is 1. The van der Waals surface area contributed by atoms with E-state index in [4.69, 9.17) is 4.74 Å². The summed E-state index contributed by atoms with van der Waals surface area (Å²) in [5, 5.41) is 6.92. The molecule has 2 heterocycles. The van der Waals surface area contributed by atoms with Crippen molar-refractivity contribution >= 4 is 34.4 Å². The Kier molecular flexibility index (Phi) is 4.26. The van der Waals surface area contributed by atoms with E-state index in [0.717, 1.165) is 9.39 Å². The second kappa shape index (κ2) is 5.78. The lowest BCUT2D eigenvalue weighted by Crippen LogP contribution is -2.27. The van der Waals surface area contributed by atoms with Crippen LogP contribution in [0.25, 0.3) is 5.69 Å². The predicted octanol–water partition coefficient (Wildman–Crippen LogP) is 3.22. The molecule has 0 radical (unpaired) electrons. The molecule has 6 nitrogen and oxygen atoms in total. The van der Waals surface area contributed by atoms with Gasteiger partial charge in [-0.25, -0.2) is 9.48 Å². The number of rotatable bonds is 2. The summed E-state index contributed by atoms with van der Waals surface area (Å²) in [4.78, 5) is 15.8. The van der Waals surface area contributed by atoms with Crippen LogP contribution in [0.5, 0.6) is 0 Å². The lowest BCUT2D eigenvalue weighted by atomic mass is 10.2. The molecule has 2 aromatic heterocycles. The van der Waals surface area contributed by atoms with E-state index in [1.807, 2.05) is 32.9 Å². The van der Waals surface area contributed by atoms with Gasteiger partial charge >= 0.3 is 6.09 Å². The topological polar surface area (TPSA) is 69.0 Å². The standard InChI is InChI=1S/C13H15IN4O2/c1-13(2,3)20-12(19)17-10-8-16-18(11(10)14)9-5-4-6-15-7-9/h4-8H,1-3H3,(H,17,19). The van der Waals surface area contributed by atoms with Gasteiger partial charge in [0.1, 0.15) is 9.30 Å². The number of aromatic nitrogens is 3. The molecule has 0 aliphatic rings. The number of carbonyl (C=O) groups is 1. The minimum Gasteiger partial charge on any atom is -0.444 e. The first kappa shape index (κ1) is 14.8. The summed E-state index contributed by atoms with van der Waals surface area (Å²) < 4.78 is 7.68. The third-order valence-corrected chi connectivity index (χ3v) is 3.27. The van der Waals surface area contributed by atoms with Crippen LogP contribution in [0, 0.1) is 3.70 Å². The Balaban J connectivity index is 2.16. The molecule has 0 fully saturated rings. The largest absolute Gasteiger partial charge is 0.444 e. The number of hydrogen-bond acceptors (Lipinski definition) is 4. The fourth-order valence-electron chi connectivity index (χ4n) is 1.49. The van der Waals surface area contributed by atoms with E-state index < -0.39 is 11.7 Å². The summed E-state index contributed by atoms with van der Waals surface area (Å²) in [6.07, 6.45) is 4.48. The molecule has 2 aromatic rings. The van der Waals surface area contributed by atoms with Gasteiger partial charge in [-0.05, 0) is 55.5 Å². The van der Waals surface area contributed by atoms with Crippen molar-refractivity contribution in [3.63, 3.8) is 0 Å². The minimum absolute atomic E-state index is 0.499. The molecule has 0 spiro atoms. The third-order valence-electron chi connectivity index (χ3n) is 2.24. The number of pyridine rings is 1. The van der Waals surface area contributed by atoms with Crippen LogP contribution in [0.3, 0.4) is 0 Å². The molecule has 0 atom stereocenters. The highest BCUT2D eigenvalue weighted by atomic mass is 127. The number of amides is 1. The van der Waals surface area contributed by atoms with Gasteiger partial charge in [-0.2, -0.15) is 5.10 Å². The summed E-state index contributed by atoms with van der Waals surface area (Å²) in [5.74, 6) is 0. The van der Waals surface area contributed by atoms with Crippen LogP contribution in [0.1, 0.15) is 20.8 Å². The predicted molar refractivity (Wildman–Crippen MR) is 83.9 cm³/mol. The van der Waals surface area contributed by atoms with Crippen molar-refractivity contribution in [3.05, 3.63) is 34.4 Å². The first-order valence-corrected chi connectivity index (χ1v) is 7.08. The quantitative estimate of drug-likeness (QED) is 0.805. The third kappa shape index (κ3) is 3.69. The van der Waals surface area contributed by atoms with Crippen molar-refractivity contribution in [1.29, 1.82) is 0 Å². The average Bonchev–Trinajstić information content (AvgIpc) is 2.70. The SMILES string of the molecule is CC(C)(C)OC(=O)Nc1cnn(-c2cccnc2)c1I. The van der Waals surface area contributed by atoms with Crippen LogP contribution in [-0.4, -0.2) is 26.5 Å². The minimum atomic E-state index is -0.533. The number of nitrogens with one attached hydrogen (secondary N) is 1.